The van der Waals surface area contributed by atoms with Gasteiger partial charge in [0.25, 0.3) is 0 Å². The maximum absolute atomic E-state index is 11.9. The molecule has 8 heteroatoms. The first-order chi connectivity index (χ1) is 7.36. The van der Waals surface area contributed by atoms with Crippen LogP contribution in [-0.4, -0.2) is 41.9 Å². The van der Waals surface area contributed by atoms with Gasteiger partial charge in [0.1, 0.15) is 4.75 Å². The van der Waals surface area contributed by atoms with E-state index in [1.54, 1.807) is 0 Å². The van der Waals surface area contributed by atoms with E-state index in [4.69, 9.17) is 10.9 Å². The Morgan fingerprint density at radius 2 is 1.71 bits per heavy atom. The van der Waals surface area contributed by atoms with Crippen LogP contribution >= 0.6 is 0 Å². The van der Waals surface area contributed by atoms with Gasteiger partial charge in [-0.3, -0.25) is 4.79 Å². The molecule has 0 heterocycles. The van der Waals surface area contributed by atoms with Crippen molar-refractivity contribution in [3.8, 4) is 0 Å². The van der Waals surface area contributed by atoms with E-state index in [-0.39, 0.29) is 5.84 Å². The predicted octanol–water partition coefficient (Wildman–Crippen LogP) is -0.549. The molecule has 1 amide bonds. The third kappa shape index (κ3) is 3.32. The first-order valence-electron chi connectivity index (χ1n) is 4.86. The summed E-state index contributed by atoms with van der Waals surface area (Å²) in [7, 11) is -3.56. The van der Waals surface area contributed by atoms with E-state index in [1.165, 1.54) is 27.7 Å². The summed E-state index contributed by atoms with van der Waals surface area (Å²) in [5, 5.41) is 13.7. The van der Waals surface area contributed by atoms with Crippen LogP contribution in [0.3, 0.4) is 0 Å². The van der Waals surface area contributed by atoms with Gasteiger partial charge in [-0.1, -0.05) is 5.16 Å². The number of nitrogens with two attached hydrogens (primary N) is 1. The third-order valence-electron chi connectivity index (χ3n) is 2.65. The van der Waals surface area contributed by atoms with E-state index in [9.17, 15) is 13.2 Å². The lowest BCUT2D eigenvalue weighted by Crippen LogP contribution is -2.59. The molecule has 7 nitrogen and oxygen atoms in total. The second-order valence-corrected chi connectivity index (χ2v) is 7.41. The number of sulfone groups is 1. The van der Waals surface area contributed by atoms with E-state index in [2.05, 4.69) is 10.5 Å². The van der Waals surface area contributed by atoms with Crippen LogP contribution in [-0.2, 0) is 14.6 Å². The van der Waals surface area contributed by atoms with Gasteiger partial charge in [0.05, 0.1) is 5.54 Å². The molecule has 17 heavy (non-hydrogen) atoms. The Balaban J connectivity index is 5.15. The standard InChI is InChI=1S/C9H19N3O4S/c1-8(2,6(10)12-14)11-7(13)9(3,4)17(5,15)16/h14H,1-5H3,(H2,10,12)(H,11,13). The largest absolute Gasteiger partial charge is 0.409 e. The first kappa shape index (κ1) is 15.7. The molecule has 0 fully saturated rings. The van der Waals surface area contributed by atoms with Gasteiger partial charge in [0.15, 0.2) is 15.7 Å². The molecule has 0 aromatic rings. The highest BCUT2D eigenvalue weighted by Gasteiger charge is 2.41. The van der Waals surface area contributed by atoms with Crippen molar-refractivity contribution in [1.29, 1.82) is 0 Å². The summed E-state index contributed by atoms with van der Waals surface area (Å²) >= 11 is 0. The van der Waals surface area contributed by atoms with Gasteiger partial charge in [0, 0.05) is 6.26 Å². The monoisotopic (exact) mass is 265 g/mol. The number of nitrogens with one attached hydrogen (secondary N) is 1. The second-order valence-electron chi connectivity index (χ2n) is 4.85. The Bertz CT molecular complexity index is 437. The van der Waals surface area contributed by atoms with Gasteiger partial charge in [-0.25, -0.2) is 8.42 Å². The number of oxime groups is 1. The summed E-state index contributed by atoms with van der Waals surface area (Å²) in [5.41, 5.74) is 4.26. The fourth-order valence-electron chi connectivity index (χ4n) is 0.792. The number of hydrogen-bond acceptors (Lipinski definition) is 5. The SMILES string of the molecule is CC(C)(NC(=O)C(C)(C)S(C)(=O)=O)C(N)=NO. The highest BCUT2D eigenvalue weighted by atomic mass is 32.2. The number of nitrogens with zero attached hydrogens (tertiary/aromatic N) is 1. The van der Waals surface area contributed by atoms with E-state index in [0.29, 0.717) is 0 Å². The number of amidine groups is 1. The van der Waals surface area contributed by atoms with Crippen molar-refractivity contribution in [3.63, 3.8) is 0 Å². The van der Waals surface area contributed by atoms with Crippen LogP contribution in [0.5, 0.6) is 0 Å². The fourth-order valence-corrected chi connectivity index (χ4v) is 1.18. The molecule has 0 aliphatic carbocycles. The summed E-state index contributed by atoms with van der Waals surface area (Å²) in [6.07, 6.45) is 0.975. The van der Waals surface area contributed by atoms with Gasteiger partial charge in [0.2, 0.25) is 5.91 Å². The summed E-state index contributed by atoms with van der Waals surface area (Å²) in [6.45, 7) is 5.58. The molecule has 0 aliphatic rings. The molecule has 4 N–H and O–H groups in total. The molecule has 0 aromatic heterocycles. The van der Waals surface area contributed by atoms with Crippen molar-refractivity contribution in [3.05, 3.63) is 0 Å². The van der Waals surface area contributed by atoms with Crippen molar-refractivity contribution in [2.45, 2.75) is 38.0 Å². The molecule has 0 aromatic carbocycles. The number of rotatable bonds is 4. The van der Waals surface area contributed by atoms with Gasteiger partial charge in [-0.2, -0.15) is 0 Å². The summed E-state index contributed by atoms with van der Waals surface area (Å²) in [5.74, 6) is -0.924. The molecule has 0 aliphatic heterocycles. The van der Waals surface area contributed by atoms with E-state index >= 15 is 0 Å². The molecular weight excluding hydrogens is 246 g/mol. The van der Waals surface area contributed by atoms with E-state index in [0.717, 1.165) is 6.26 Å². The Morgan fingerprint density at radius 1 is 1.29 bits per heavy atom. The Hall–Kier alpha value is -1.31. The zero-order valence-electron chi connectivity index (χ0n) is 10.6. The van der Waals surface area contributed by atoms with Crippen LogP contribution in [0.4, 0.5) is 0 Å². The fraction of sp³-hybridized carbons (Fsp3) is 0.778. The minimum Gasteiger partial charge on any atom is -0.409 e. The molecule has 0 unspecified atom stereocenters. The topological polar surface area (TPSA) is 122 Å². The Kier molecular flexibility index (Phi) is 4.17. The highest BCUT2D eigenvalue weighted by molar-refractivity contribution is 7.92. The first-order valence-corrected chi connectivity index (χ1v) is 6.75. The molecule has 0 saturated heterocycles. The average Bonchev–Trinajstić information content (AvgIpc) is 2.13. The normalized spacial score (nSPS) is 14.5. The van der Waals surface area contributed by atoms with Crippen molar-refractivity contribution in [2.24, 2.45) is 10.9 Å². The van der Waals surface area contributed by atoms with Crippen LogP contribution < -0.4 is 11.1 Å². The lowest BCUT2D eigenvalue weighted by molar-refractivity contribution is -0.123. The van der Waals surface area contributed by atoms with Crippen LogP contribution in [0.1, 0.15) is 27.7 Å². The highest BCUT2D eigenvalue weighted by Crippen LogP contribution is 2.17. The van der Waals surface area contributed by atoms with Gasteiger partial charge in [-0.15, -0.1) is 0 Å². The lowest BCUT2D eigenvalue weighted by atomic mass is 10.0. The third-order valence-corrected chi connectivity index (χ3v) is 4.69. The number of carbonyl (C=O) groups excluding carboxylic acids is 1. The summed E-state index contributed by atoms with van der Waals surface area (Å²) in [6, 6.07) is 0. The molecular formula is C9H19N3O4S. The minimum atomic E-state index is -3.56. The van der Waals surface area contributed by atoms with Gasteiger partial charge < -0.3 is 16.3 Å². The number of carbonyl (C=O) groups is 1. The quantitative estimate of drug-likeness (QED) is 0.272. The van der Waals surface area contributed by atoms with Crippen molar-refractivity contribution < 1.29 is 18.4 Å². The summed E-state index contributed by atoms with van der Waals surface area (Å²) in [4.78, 5) is 11.9. The van der Waals surface area contributed by atoms with E-state index in [1.807, 2.05) is 0 Å². The lowest BCUT2D eigenvalue weighted by Gasteiger charge is -2.29. The van der Waals surface area contributed by atoms with E-state index < -0.39 is 26.0 Å². The molecule has 0 saturated carbocycles. The van der Waals surface area contributed by atoms with Gasteiger partial charge in [-0.05, 0) is 27.7 Å². The molecule has 0 rings (SSSR count). The molecule has 0 spiro atoms. The van der Waals surface area contributed by atoms with Crippen molar-refractivity contribution in [1.82, 2.24) is 5.32 Å². The van der Waals surface area contributed by atoms with Crippen LogP contribution in [0.25, 0.3) is 0 Å². The van der Waals surface area contributed by atoms with Crippen molar-refractivity contribution >= 4 is 21.6 Å². The number of amides is 1. The average molecular weight is 265 g/mol. The zero-order valence-corrected chi connectivity index (χ0v) is 11.4. The molecule has 100 valence electrons. The predicted molar refractivity (Wildman–Crippen MR) is 64.6 cm³/mol. The molecule has 0 bridgehead atoms. The Morgan fingerprint density at radius 3 is 2.00 bits per heavy atom. The second kappa shape index (κ2) is 4.52. The maximum Gasteiger partial charge on any atom is 0.241 e. The minimum absolute atomic E-state index is 0.213. The summed E-state index contributed by atoms with van der Waals surface area (Å²) < 4.78 is 21.3. The molecule has 0 atom stereocenters. The van der Waals surface area contributed by atoms with Crippen LogP contribution in [0.2, 0.25) is 0 Å². The molecule has 0 radical (unpaired) electrons. The van der Waals surface area contributed by atoms with Crippen LogP contribution in [0.15, 0.2) is 5.16 Å². The Labute approximate surface area is 101 Å². The maximum atomic E-state index is 11.9. The number of hydrogen-bond donors (Lipinski definition) is 3. The smallest absolute Gasteiger partial charge is 0.241 e. The van der Waals surface area contributed by atoms with Crippen LogP contribution in [0, 0.1) is 0 Å². The zero-order chi connectivity index (χ0) is 14.1. The van der Waals surface area contributed by atoms with Gasteiger partial charge >= 0.3 is 0 Å². The van der Waals surface area contributed by atoms with Crippen molar-refractivity contribution in [2.75, 3.05) is 6.26 Å².